The molecule has 1 atom stereocenters. The Morgan fingerprint density at radius 2 is 1.78 bits per heavy atom. The van der Waals surface area contributed by atoms with Crippen LogP contribution in [0.3, 0.4) is 0 Å². The number of fused-ring (bicyclic) bond motifs is 1. The Kier molecular flexibility index (Phi) is 5.26. The van der Waals surface area contributed by atoms with Crippen molar-refractivity contribution >= 4 is 0 Å². The van der Waals surface area contributed by atoms with E-state index in [2.05, 4.69) is 55.5 Å². The second-order valence-electron chi connectivity index (χ2n) is 5.18. The second kappa shape index (κ2) is 7.20. The van der Waals surface area contributed by atoms with Gasteiger partial charge in [-0.25, -0.2) is 0 Å². The summed E-state index contributed by atoms with van der Waals surface area (Å²) in [5.74, 6) is 0.524. The van der Waals surface area contributed by atoms with Crippen molar-refractivity contribution in [1.82, 2.24) is 0 Å². The smallest absolute Gasteiger partial charge is 0.0234 e. The summed E-state index contributed by atoms with van der Waals surface area (Å²) in [7, 11) is 0. The molecule has 0 saturated carbocycles. The van der Waals surface area contributed by atoms with E-state index in [1.165, 1.54) is 44.1 Å². The highest BCUT2D eigenvalue weighted by atomic mass is 14.2. The molecule has 96 valence electrons. The molecule has 0 saturated heterocycles. The Hall–Kier alpha value is -1.30. The van der Waals surface area contributed by atoms with Crippen LogP contribution >= 0.6 is 0 Å². The van der Waals surface area contributed by atoms with E-state index in [-0.39, 0.29) is 0 Å². The van der Waals surface area contributed by atoms with Gasteiger partial charge >= 0.3 is 0 Å². The van der Waals surface area contributed by atoms with Gasteiger partial charge in [-0.3, -0.25) is 0 Å². The molecule has 0 heterocycles. The minimum Gasteiger partial charge on any atom is -0.0730 e. The summed E-state index contributed by atoms with van der Waals surface area (Å²) < 4.78 is 0. The summed E-state index contributed by atoms with van der Waals surface area (Å²) in [6, 6.07) is 0. The topological polar surface area (TPSA) is 0 Å². The number of unbranched alkanes of at least 4 members (excludes halogenated alkanes) is 4. The Balaban J connectivity index is 1.88. The van der Waals surface area contributed by atoms with Gasteiger partial charge in [0, 0.05) is 5.92 Å². The molecule has 0 aromatic rings. The van der Waals surface area contributed by atoms with Crippen LogP contribution in [0.4, 0.5) is 0 Å². The number of hydrogen-bond acceptors (Lipinski definition) is 0. The van der Waals surface area contributed by atoms with Crippen LogP contribution in [0.5, 0.6) is 0 Å². The Morgan fingerprint density at radius 1 is 0.889 bits per heavy atom. The van der Waals surface area contributed by atoms with Crippen molar-refractivity contribution in [3.63, 3.8) is 0 Å². The Labute approximate surface area is 111 Å². The van der Waals surface area contributed by atoms with Crippen LogP contribution in [-0.4, -0.2) is 0 Å². The zero-order valence-corrected chi connectivity index (χ0v) is 11.4. The molecule has 0 N–H and O–H groups in total. The molecule has 0 aromatic heterocycles. The highest BCUT2D eigenvalue weighted by Gasteiger charge is 2.16. The lowest BCUT2D eigenvalue weighted by molar-refractivity contribution is 0.619. The normalized spacial score (nSPS) is 21.3. The molecule has 0 aliphatic heterocycles. The Bertz CT molecular complexity index is 402. The fourth-order valence-electron chi connectivity index (χ4n) is 2.68. The van der Waals surface area contributed by atoms with E-state index in [1.54, 1.807) is 5.57 Å². The predicted octanol–water partition coefficient (Wildman–Crippen LogP) is 5.51. The van der Waals surface area contributed by atoms with Gasteiger partial charge in [0.25, 0.3) is 0 Å². The van der Waals surface area contributed by atoms with Gasteiger partial charge in [0.2, 0.25) is 0 Å². The van der Waals surface area contributed by atoms with Gasteiger partial charge in [-0.2, -0.15) is 0 Å². The molecule has 2 aliphatic rings. The minimum absolute atomic E-state index is 0.524. The van der Waals surface area contributed by atoms with Gasteiger partial charge in [0.1, 0.15) is 0 Å². The second-order valence-corrected chi connectivity index (χ2v) is 5.18. The van der Waals surface area contributed by atoms with Crippen molar-refractivity contribution in [2.24, 2.45) is 5.92 Å². The van der Waals surface area contributed by atoms with Crippen molar-refractivity contribution in [3.05, 3.63) is 59.8 Å². The van der Waals surface area contributed by atoms with E-state index >= 15 is 0 Å². The highest BCUT2D eigenvalue weighted by Crippen LogP contribution is 2.31. The molecule has 0 heteroatoms. The van der Waals surface area contributed by atoms with Crippen LogP contribution < -0.4 is 0 Å². The summed E-state index contributed by atoms with van der Waals surface area (Å²) in [5.41, 5.74) is 3.02. The maximum absolute atomic E-state index is 2.33. The third-order valence-corrected chi connectivity index (χ3v) is 3.74. The molecule has 0 spiro atoms. The number of rotatable bonds is 6. The van der Waals surface area contributed by atoms with Gasteiger partial charge in [-0.1, -0.05) is 86.8 Å². The van der Waals surface area contributed by atoms with E-state index in [4.69, 9.17) is 0 Å². The van der Waals surface area contributed by atoms with Crippen LogP contribution in [0.1, 0.15) is 45.4 Å². The van der Waals surface area contributed by atoms with E-state index in [0.29, 0.717) is 5.92 Å². The van der Waals surface area contributed by atoms with Crippen molar-refractivity contribution in [3.8, 4) is 0 Å². The predicted molar refractivity (Wildman–Crippen MR) is 80.5 cm³/mol. The summed E-state index contributed by atoms with van der Waals surface area (Å²) in [6.45, 7) is 2.27. The fourth-order valence-corrected chi connectivity index (χ4v) is 2.68. The first kappa shape index (κ1) is 13.1. The molecule has 0 radical (unpaired) electrons. The molecule has 18 heavy (non-hydrogen) atoms. The molecule has 0 fully saturated rings. The van der Waals surface area contributed by atoms with Crippen LogP contribution in [0.15, 0.2) is 59.8 Å². The SMILES string of the molecule is CCCCCCCC1=CC=CC2=CC=CC=CC21. The maximum Gasteiger partial charge on any atom is 0.0234 e. The standard InChI is InChI=1S/C18H24/c1-2-3-4-5-7-11-16-13-10-14-17-12-8-6-9-15-18(16)17/h6,8-10,12-15,18H,2-5,7,11H2,1H3. The van der Waals surface area contributed by atoms with Crippen molar-refractivity contribution in [2.75, 3.05) is 0 Å². The summed E-state index contributed by atoms with van der Waals surface area (Å²) in [4.78, 5) is 0. The zero-order valence-electron chi connectivity index (χ0n) is 11.4. The minimum atomic E-state index is 0.524. The highest BCUT2D eigenvalue weighted by molar-refractivity contribution is 5.45. The van der Waals surface area contributed by atoms with Crippen LogP contribution in [-0.2, 0) is 0 Å². The van der Waals surface area contributed by atoms with Crippen LogP contribution in [0.25, 0.3) is 0 Å². The van der Waals surface area contributed by atoms with Gasteiger partial charge in [-0.15, -0.1) is 0 Å². The molecule has 2 rings (SSSR count). The molecule has 0 amide bonds. The lowest BCUT2D eigenvalue weighted by atomic mass is 9.84. The van der Waals surface area contributed by atoms with Gasteiger partial charge in [0.15, 0.2) is 0 Å². The number of allylic oxidation sites excluding steroid dienone is 10. The summed E-state index contributed by atoms with van der Waals surface area (Å²) in [6.07, 6.45) is 25.9. The molecule has 1 unspecified atom stereocenters. The third-order valence-electron chi connectivity index (χ3n) is 3.74. The first-order chi connectivity index (χ1) is 8.92. The van der Waals surface area contributed by atoms with Crippen LogP contribution in [0.2, 0.25) is 0 Å². The molecule has 0 nitrogen and oxygen atoms in total. The maximum atomic E-state index is 2.33. The fraction of sp³-hybridized carbons (Fsp3) is 0.444. The average molecular weight is 240 g/mol. The van der Waals surface area contributed by atoms with Crippen molar-refractivity contribution < 1.29 is 0 Å². The molecule has 0 aromatic carbocycles. The first-order valence-corrected chi connectivity index (χ1v) is 7.34. The Morgan fingerprint density at radius 3 is 2.67 bits per heavy atom. The van der Waals surface area contributed by atoms with Gasteiger partial charge in [0.05, 0.1) is 0 Å². The average Bonchev–Trinajstić information content (AvgIpc) is 2.64. The number of hydrogen-bond donors (Lipinski definition) is 0. The van der Waals surface area contributed by atoms with E-state index in [9.17, 15) is 0 Å². The zero-order chi connectivity index (χ0) is 12.6. The molecule has 0 bridgehead atoms. The lowest BCUT2D eigenvalue weighted by Gasteiger charge is -2.21. The molecular formula is C18H24. The van der Waals surface area contributed by atoms with E-state index in [1.807, 2.05) is 0 Å². The quantitative estimate of drug-likeness (QED) is 0.537. The molecule has 2 aliphatic carbocycles. The summed E-state index contributed by atoms with van der Waals surface area (Å²) in [5, 5.41) is 0. The van der Waals surface area contributed by atoms with Crippen molar-refractivity contribution in [1.29, 1.82) is 0 Å². The van der Waals surface area contributed by atoms with Gasteiger partial charge < -0.3 is 0 Å². The molecular weight excluding hydrogens is 216 g/mol. The monoisotopic (exact) mass is 240 g/mol. The van der Waals surface area contributed by atoms with Crippen LogP contribution in [0, 0.1) is 5.92 Å². The van der Waals surface area contributed by atoms with E-state index in [0.717, 1.165) is 0 Å². The summed E-state index contributed by atoms with van der Waals surface area (Å²) >= 11 is 0. The lowest BCUT2D eigenvalue weighted by Crippen LogP contribution is -2.06. The first-order valence-electron chi connectivity index (χ1n) is 7.34. The largest absolute Gasteiger partial charge is 0.0730 e. The van der Waals surface area contributed by atoms with Crippen molar-refractivity contribution in [2.45, 2.75) is 45.4 Å². The van der Waals surface area contributed by atoms with Gasteiger partial charge in [-0.05, 0) is 18.4 Å². The van der Waals surface area contributed by atoms with E-state index < -0.39 is 0 Å². The third kappa shape index (κ3) is 3.60.